The van der Waals surface area contributed by atoms with Gasteiger partial charge < -0.3 is 10.1 Å². The molecule has 0 heterocycles. The molecule has 102 valence electrons. The maximum Gasteiger partial charge on any atom is 0.307 e. The summed E-state index contributed by atoms with van der Waals surface area (Å²) in [5.41, 5.74) is -0.107. The van der Waals surface area contributed by atoms with E-state index in [9.17, 15) is 4.79 Å². The Kier molecular flexibility index (Phi) is 7.44. The molecule has 3 nitrogen and oxygen atoms in total. The van der Waals surface area contributed by atoms with Crippen molar-refractivity contribution < 1.29 is 9.53 Å². The van der Waals surface area contributed by atoms with Crippen LogP contribution in [0.1, 0.15) is 53.9 Å². The lowest BCUT2D eigenvalue weighted by Gasteiger charge is -2.37. The van der Waals surface area contributed by atoms with Gasteiger partial charge in [0.05, 0.1) is 13.5 Å². The molecule has 0 saturated heterocycles. The molecule has 0 unspecified atom stereocenters. The smallest absolute Gasteiger partial charge is 0.307 e. The number of hydrogen-bond donors (Lipinski definition) is 1. The van der Waals surface area contributed by atoms with E-state index in [-0.39, 0.29) is 11.5 Å². The number of carbonyl (C=O) groups is 1. The van der Waals surface area contributed by atoms with Gasteiger partial charge in [0.25, 0.3) is 0 Å². The lowest BCUT2D eigenvalue weighted by Crippen LogP contribution is -2.49. The van der Waals surface area contributed by atoms with Crippen LogP contribution in [0, 0.1) is 11.8 Å². The predicted octanol–water partition coefficient (Wildman–Crippen LogP) is 2.99. The van der Waals surface area contributed by atoms with Crippen molar-refractivity contribution in [1.82, 2.24) is 5.32 Å². The van der Waals surface area contributed by atoms with Gasteiger partial charge >= 0.3 is 5.97 Å². The van der Waals surface area contributed by atoms with Gasteiger partial charge in [-0.15, -0.1) is 0 Å². The predicted molar refractivity (Wildman–Crippen MR) is 72.0 cm³/mol. The quantitative estimate of drug-likeness (QED) is 0.666. The number of methoxy groups -OCH3 is 1. The summed E-state index contributed by atoms with van der Waals surface area (Å²) in [5, 5.41) is 3.52. The first-order chi connectivity index (χ1) is 7.85. The van der Waals surface area contributed by atoms with E-state index in [2.05, 4.69) is 39.9 Å². The molecule has 17 heavy (non-hydrogen) atoms. The molecule has 0 aliphatic carbocycles. The minimum atomic E-state index is -0.118. The highest BCUT2D eigenvalue weighted by Crippen LogP contribution is 2.28. The molecule has 0 spiro atoms. The number of hydrogen-bond acceptors (Lipinski definition) is 3. The van der Waals surface area contributed by atoms with Gasteiger partial charge in [-0.3, -0.25) is 4.79 Å². The lowest BCUT2D eigenvalue weighted by atomic mass is 9.79. The molecule has 0 aliphatic heterocycles. The summed E-state index contributed by atoms with van der Waals surface area (Å²) in [5.74, 6) is 1.02. The maximum absolute atomic E-state index is 11.6. The fourth-order valence-corrected chi connectivity index (χ4v) is 2.72. The topological polar surface area (TPSA) is 38.3 Å². The third kappa shape index (κ3) is 6.67. The molecule has 0 aromatic carbocycles. The summed E-state index contributed by atoms with van der Waals surface area (Å²) in [4.78, 5) is 11.6. The molecule has 0 aromatic rings. The van der Waals surface area contributed by atoms with E-state index in [1.165, 1.54) is 7.11 Å². The highest BCUT2D eigenvalue weighted by molar-refractivity contribution is 5.70. The fraction of sp³-hybridized carbons (Fsp3) is 0.929. The van der Waals surface area contributed by atoms with Crippen LogP contribution in [0.25, 0.3) is 0 Å². The van der Waals surface area contributed by atoms with Crippen molar-refractivity contribution >= 4 is 5.97 Å². The van der Waals surface area contributed by atoms with Crippen LogP contribution < -0.4 is 5.32 Å². The van der Waals surface area contributed by atoms with Crippen LogP contribution in [-0.2, 0) is 9.53 Å². The lowest BCUT2D eigenvalue weighted by molar-refractivity contribution is -0.142. The van der Waals surface area contributed by atoms with Crippen LogP contribution in [0.15, 0.2) is 0 Å². The zero-order valence-corrected chi connectivity index (χ0v) is 12.3. The Morgan fingerprint density at radius 3 is 1.94 bits per heavy atom. The average Bonchev–Trinajstić information content (AvgIpc) is 2.15. The number of ether oxygens (including phenoxy) is 1. The van der Waals surface area contributed by atoms with Crippen molar-refractivity contribution in [3.63, 3.8) is 0 Å². The summed E-state index contributed by atoms with van der Waals surface area (Å²) in [6.45, 7) is 11.8. The molecule has 0 aliphatic rings. The Balaban J connectivity index is 4.86. The van der Waals surface area contributed by atoms with Gasteiger partial charge in [0.1, 0.15) is 0 Å². The first-order valence-corrected chi connectivity index (χ1v) is 6.67. The Labute approximate surface area is 106 Å². The Hall–Kier alpha value is -0.570. The van der Waals surface area contributed by atoms with E-state index in [1.54, 1.807) is 0 Å². The van der Waals surface area contributed by atoms with Crippen LogP contribution in [0.2, 0.25) is 0 Å². The van der Waals surface area contributed by atoms with Gasteiger partial charge in [-0.05, 0) is 31.2 Å². The summed E-state index contributed by atoms with van der Waals surface area (Å²) < 4.78 is 4.84. The van der Waals surface area contributed by atoms with E-state index in [4.69, 9.17) is 4.74 Å². The third-order valence-electron chi connectivity index (χ3n) is 2.86. The maximum atomic E-state index is 11.6. The Morgan fingerprint density at radius 2 is 1.65 bits per heavy atom. The standard InChI is InChI=1S/C14H29NO2/c1-7-15-14(8-11(2)3,9-12(4)5)10-13(16)17-6/h11-12,15H,7-10H2,1-6H3. The van der Waals surface area contributed by atoms with Gasteiger partial charge in [0, 0.05) is 5.54 Å². The zero-order valence-electron chi connectivity index (χ0n) is 12.3. The molecule has 0 radical (unpaired) electrons. The van der Waals surface area contributed by atoms with Crippen molar-refractivity contribution in [2.24, 2.45) is 11.8 Å². The molecule has 1 N–H and O–H groups in total. The van der Waals surface area contributed by atoms with E-state index >= 15 is 0 Å². The van der Waals surface area contributed by atoms with E-state index in [0.29, 0.717) is 18.3 Å². The third-order valence-corrected chi connectivity index (χ3v) is 2.86. The molecule has 0 saturated carbocycles. The van der Waals surface area contributed by atoms with Crippen LogP contribution in [0.3, 0.4) is 0 Å². The Morgan fingerprint density at radius 1 is 1.18 bits per heavy atom. The van der Waals surface area contributed by atoms with E-state index < -0.39 is 0 Å². The number of nitrogens with one attached hydrogen (secondary N) is 1. The Bertz CT molecular complexity index is 214. The van der Waals surface area contributed by atoms with Gasteiger partial charge in [-0.1, -0.05) is 34.6 Å². The molecule has 0 amide bonds. The molecule has 0 aromatic heterocycles. The normalized spacial score (nSPS) is 12.2. The van der Waals surface area contributed by atoms with Crippen LogP contribution in [0.5, 0.6) is 0 Å². The number of rotatable bonds is 8. The minimum Gasteiger partial charge on any atom is -0.469 e. The van der Waals surface area contributed by atoms with Gasteiger partial charge in [-0.2, -0.15) is 0 Å². The highest BCUT2D eigenvalue weighted by Gasteiger charge is 2.33. The molecular weight excluding hydrogens is 214 g/mol. The molecule has 0 fully saturated rings. The SMILES string of the molecule is CCNC(CC(=O)OC)(CC(C)C)CC(C)C. The van der Waals surface area contributed by atoms with Gasteiger partial charge in [0.15, 0.2) is 0 Å². The van der Waals surface area contributed by atoms with Crippen molar-refractivity contribution in [3.8, 4) is 0 Å². The summed E-state index contributed by atoms with van der Waals surface area (Å²) in [7, 11) is 1.46. The number of carbonyl (C=O) groups excluding carboxylic acids is 1. The molecule has 0 rings (SSSR count). The van der Waals surface area contributed by atoms with Gasteiger partial charge in [0.2, 0.25) is 0 Å². The molecule has 0 atom stereocenters. The molecular formula is C14H29NO2. The first kappa shape index (κ1) is 16.4. The molecule has 0 bridgehead atoms. The van der Waals surface area contributed by atoms with E-state index in [1.807, 2.05) is 0 Å². The number of esters is 1. The average molecular weight is 243 g/mol. The van der Waals surface area contributed by atoms with E-state index in [0.717, 1.165) is 19.4 Å². The van der Waals surface area contributed by atoms with Crippen LogP contribution in [-0.4, -0.2) is 25.2 Å². The summed E-state index contributed by atoms with van der Waals surface area (Å²) >= 11 is 0. The van der Waals surface area contributed by atoms with Crippen molar-refractivity contribution in [3.05, 3.63) is 0 Å². The fourth-order valence-electron chi connectivity index (χ4n) is 2.72. The molecule has 3 heteroatoms. The minimum absolute atomic E-state index is 0.107. The van der Waals surface area contributed by atoms with Crippen molar-refractivity contribution in [2.75, 3.05) is 13.7 Å². The summed E-state index contributed by atoms with van der Waals surface area (Å²) in [6, 6.07) is 0. The summed E-state index contributed by atoms with van der Waals surface area (Å²) in [6.07, 6.45) is 2.48. The second-order valence-corrected chi connectivity index (χ2v) is 5.76. The van der Waals surface area contributed by atoms with Crippen LogP contribution >= 0.6 is 0 Å². The van der Waals surface area contributed by atoms with Crippen LogP contribution in [0.4, 0.5) is 0 Å². The second-order valence-electron chi connectivity index (χ2n) is 5.76. The van der Waals surface area contributed by atoms with Crippen molar-refractivity contribution in [1.29, 1.82) is 0 Å². The zero-order chi connectivity index (χ0) is 13.5. The second kappa shape index (κ2) is 7.70. The monoisotopic (exact) mass is 243 g/mol. The largest absolute Gasteiger partial charge is 0.469 e. The highest BCUT2D eigenvalue weighted by atomic mass is 16.5. The van der Waals surface area contributed by atoms with Gasteiger partial charge in [-0.25, -0.2) is 0 Å². The van der Waals surface area contributed by atoms with Crippen molar-refractivity contribution in [2.45, 2.75) is 59.4 Å². The first-order valence-electron chi connectivity index (χ1n) is 6.67.